The predicted octanol–water partition coefficient (Wildman–Crippen LogP) is 2.39. The fourth-order valence-corrected chi connectivity index (χ4v) is 3.61. The van der Waals surface area contributed by atoms with Crippen molar-refractivity contribution < 1.29 is 9.53 Å². The molecule has 2 aromatic rings. The Labute approximate surface area is 160 Å². The lowest BCUT2D eigenvalue weighted by Crippen LogP contribution is -2.43. The zero-order chi connectivity index (χ0) is 19.4. The molecular formula is C20H29N5O2. The first-order valence-corrected chi connectivity index (χ1v) is 9.55. The normalized spacial score (nSPS) is 17.7. The Hall–Kier alpha value is -2.38. The zero-order valence-electron chi connectivity index (χ0n) is 16.1. The summed E-state index contributed by atoms with van der Waals surface area (Å²) in [6.07, 6.45) is 2.35. The molecule has 1 saturated heterocycles. The Morgan fingerprint density at radius 2 is 2.22 bits per heavy atom. The van der Waals surface area contributed by atoms with E-state index in [0.29, 0.717) is 18.3 Å². The van der Waals surface area contributed by atoms with Crippen LogP contribution in [0.5, 0.6) is 0 Å². The third-order valence-corrected chi connectivity index (χ3v) is 4.85. The number of hydrogen-bond donors (Lipinski definition) is 3. The number of amides is 1. The lowest BCUT2D eigenvalue weighted by atomic mass is 10.2. The smallest absolute Gasteiger partial charge is 0.276 e. The summed E-state index contributed by atoms with van der Waals surface area (Å²) in [5, 5.41) is 8.77. The summed E-state index contributed by atoms with van der Waals surface area (Å²) in [4.78, 5) is 19.6. The van der Waals surface area contributed by atoms with Crippen LogP contribution in [-0.2, 0) is 4.74 Å². The van der Waals surface area contributed by atoms with Crippen molar-refractivity contribution in [3.63, 3.8) is 0 Å². The maximum atomic E-state index is 12.8. The highest BCUT2D eigenvalue weighted by Gasteiger charge is 2.25. The highest BCUT2D eigenvalue weighted by atomic mass is 16.5. The van der Waals surface area contributed by atoms with Gasteiger partial charge in [0.15, 0.2) is 5.96 Å². The maximum absolute atomic E-state index is 12.8. The quantitative estimate of drug-likeness (QED) is 0.514. The first kappa shape index (κ1) is 19.4. The summed E-state index contributed by atoms with van der Waals surface area (Å²) in [6.45, 7) is 7.34. The molecule has 2 heterocycles. The predicted molar refractivity (Wildman–Crippen MR) is 107 cm³/mol. The molecule has 0 radical (unpaired) electrons. The van der Waals surface area contributed by atoms with Crippen molar-refractivity contribution in [2.75, 3.05) is 26.2 Å². The number of ether oxygens (including phenoxy) is 1. The molecule has 7 heteroatoms. The van der Waals surface area contributed by atoms with Crippen LogP contribution in [0.15, 0.2) is 30.3 Å². The van der Waals surface area contributed by atoms with Crippen LogP contribution >= 0.6 is 0 Å². The number of carbonyl (C=O) groups excluding carboxylic acids is 1. The van der Waals surface area contributed by atoms with Gasteiger partial charge in [0.05, 0.1) is 12.2 Å². The molecule has 7 nitrogen and oxygen atoms in total. The van der Waals surface area contributed by atoms with Crippen LogP contribution in [0.1, 0.15) is 37.2 Å². The van der Waals surface area contributed by atoms with Crippen LogP contribution in [-0.4, -0.2) is 65.0 Å². The molecule has 1 atom stereocenters. The van der Waals surface area contributed by atoms with Crippen molar-refractivity contribution in [3.05, 3.63) is 36.0 Å². The van der Waals surface area contributed by atoms with E-state index in [2.05, 4.69) is 23.7 Å². The lowest BCUT2D eigenvalue weighted by molar-refractivity contribution is 0.0140. The Balaban J connectivity index is 1.55. The van der Waals surface area contributed by atoms with Gasteiger partial charge in [0.2, 0.25) is 0 Å². The minimum atomic E-state index is -0.263. The van der Waals surface area contributed by atoms with Crippen LogP contribution in [0.4, 0.5) is 0 Å². The van der Waals surface area contributed by atoms with E-state index in [-0.39, 0.29) is 18.0 Å². The molecule has 0 saturated carbocycles. The van der Waals surface area contributed by atoms with Gasteiger partial charge in [0.25, 0.3) is 5.91 Å². The Bertz CT molecular complexity index is 768. The van der Waals surface area contributed by atoms with E-state index >= 15 is 0 Å². The molecule has 146 valence electrons. The number of para-hydroxylation sites is 1. The molecule has 1 aliphatic rings. The lowest BCUT2D eigenvalue weighted by Gasteiger charge is -2.22. The number of aromatic amines is 1. The number of hydrogen-bond acceptors (Lipinski definition) is 4. The minimum Gasteiger partial charge on any atom is -0.374 e. The Morgan fingerprint density at radius 3 is 2.93 bits per heavy atom. The number of guanidine groups is 1. The number of benzene rings is 1. The number of carbonyl (C=O) groups is 1. The molecule has 27 heavy (non-hydrogen) atoms. The largest absolute Gasteiger partial charge is 0.374 e. The zero-order valence-corrected chi connectivity index (χ0v) is 16.1. The number of fused-ring (bicyclic) bond motifs is 1. The summed E-state index contributed by atoms with van der Waals surface area (Å²) in [7, 11) is 0. The highest BCUT2D eigenvalue weighted by Crippen LogP contribution is 2.17. The van der Waals surface area contributed by atoms with Crippen molar-refractivity contribution in [1.29, 1.82) is 5.41 Å². The van der Waals surface area contributed by atoms with Gasteiger partial charge in [-0.3, -0.25) is 15.1 Å². The molecule has 0 aliphatic carbocycles. The highest BCUT2D eigenvalue weighted by molar-refractivity contribution is 6.05. The van der Waals surface area contributed by atoms with Gasteiger partial charge >= 0.3 is 0 Å². The van der Waals surface area contributed by atoms with E-state index in [1.54, 1.807) is 0 Å². The standard InChI is InChI=1S/C20H29N5O2/c1-14(2)27-16-8-11-24(13-16)9-5-10-25(20(21)22)19(26)18-12-15-6-3-4-7-17(15)23-18/h3-4,6-7,12,14,16,23H,5,8-11,13H2,1-2H3,(H3,21,22). The molecule has 0 spiro atoms. The van der Waals surface area contributed by atoms with Gasteiger partial charge in [0.1, 0.15) is 5.69 Å². The topological polar surface area (TPSA) is 98.4 Å². The number of nitrogens with zero attached hydrogens (tertiary/aromatic N) is 2. The van der Waals surface area contributed by atoms with Gasteiger partial charge in [-0.15, -0.1) is 0 Å². The van der Waals surface area contributed by atoms with Crippen molar-refractivity contribution in [2.24, 2.45) is 5.73 Å². The number of H-pyrrole nitrogens is 1. The number of nitrogens with two attached hydrogens (primary N) is 1. The van der Waals surface area contributed by atoms with Gasteiger partial charge in [-0.2, -0.15) is 0 Å². The Morgan fingerprint density at radius 1 is 1.44 bits per heavy atom. The third-order valence-electron chi connectivity index (χ3n) is 4.85. The van der Waals surface area contributed by atoms with Gasteiger partial charge in [-0.05, 0) is 45.4 Å². The number of nitrogens with one attached hydrogen (secondary N) is 2. The summed E-state index contributed by atoms with van der Waals surface area (Å²) < 4.78 is 5.87. The molecule has 1 amide bonds. The van der Waals surface area contributed by atoms with Gasteiger partial charge in [-0.1, -0.05) is 18.2 Å². The number of likely N-dealkylation sites (tertiary alicyclic amines) is 1. The van der Waals surface area contributed by atoms with Crippen LogP contribution in [0, 0.1) is 5.41 Å². The number of rotatable bonds is 7. The van der Waals surface area contributed by atoms with Crippen molar-refractivity contribution in [2.45, 2.75) is 38.9 Å². The van der Waals surface area contributed by atoms with Gasteiger partial charge < -0.3 is 20.4 Å². The first-order chi connectivity index (χ1) is 12.9. The van der Waals surface area contributed by atoms with Gasteiger partial charge in [0, 0.05) is 30.5 Å². The molecule has 1 unspecified atom stereocenters. The van der Waals surface area contributed by atoms with Gasteiger partial charge in [-0.25, -0.2) is 0 Å². The van der Waals surface area contributed by atoms with E-state index in [0.717, 1.165) is 43.4 Å². The van der Waals surface area contributed by atoms with E-state index in [1.165, 1.54) is 4.90 Å². The number of aromatic nitrogens is 1. The summed E-state index contributed by atoms with van der Waals surface area (Å²) >= 11 is 0. The van der Waals surface area contributed by atoms with Crippen molar-refractivity contribution in [1.82, 2.24) is 14.8 Å². The fourth-order valence-electron chi connectivity index (χ4n) is 3.61. The molecule has 1 aromatic carbocycles. The van der Waals surface area contributed by atoms with Crippen LogP contribution in [0.2, 0.25) is 0 Å². The monoisotopic (exact) mass is 371 g/mol. The van der Waals surface area contributed by atoms with E-state index in [1.807, 2.05) is 30.3 Å². The van der Waals surface area contributed by atoms with E-state index in [4.69, 9.17) is 15.9 Å². The Kier molecular flexibility index (Phi) is 6.13. The average molecular weight is 371 g/mol. The third kappa shape index (κ3) is 4.87. The molecule has 1 aromatic heterocycles. The first-order valence-electron chi connectivity index (χ1n) is 9.55. The van der Waals surface area contributed by atoms with Crippen LogP contribution in [0.3, 0.4) is 0 Å². The average Bonchev–Trinajstić information content (AvgIpc) is 3.23. The molecule has 0 bridgehead atoms. The van der Waals surface area contributed by atoms with Crippen molar-refractivity contribution in [3.8, 4) is 0 Å². The summed E-state index contributed by atoms with van der Waals surface area (Å²) in [5.74, 6) is -0.484. The molecule has 3 rings (SSSR count). The second kappa shape index (κ2) is 8.54. The molecule has 1 aliphatic heterocycles. The van der Waals surface area contributed by atoms with E-state index in [9.17, 15) is 4.79 Å². The SMILES string of the molecule is CC(C)OC1CCN(CCCN(C(=N)N)C(=O)c2cc3ccccc3[nH]2)C1. The summed E-state index contributed by atoms with van der Waals surface area (Å²) in [5.41, 5.74) is 7.04. The minimum absolute atomic E-state index is 0.221. The fraction of sp³-hybridized carbons (Fsp3) is 0.500. The molecule has 1 fully saturated rings. The summed E-state index contributed by atoms with van der Waals surface area (Å²) in [6, 6.07) is 9.53. The van der Waals surface area contributed by atoms with Crippen LogP contribution in [0.25, 0.3) is 10.9 Å². The second-order valence-electron chi connectivity index (χ2n) is 7.36. The molecular weight excluding hydrogens is 342 g/mol. The second-order valence-corrected chi connectivity index (χ2v) is 7.36. The van der Waals surface area contributed by atoms with Crippen LogP contribution < -0.4 is 5.73 Å². The van der Waals surface area contributed by atoms with E-state index < -0.39 is 0 Å². The maximum Gasteiger partial charge on any atom is 0.276 e. The van der Waals surface area contributed by atoms with Crippen molar-refractivity contribution >= 4 is 22.8 Å². The molecule has 4 N–H and O–H groups in total.